The van der Waals surface area contributed by atoms with Crippen LogP contribution in [0.4, 0.5) is 0 Å². The van der Waals surface area contributed by atoms with Crippen molar-refractivity contribution in [2.75, 3.05) is 0 Å². The van der Waals surface area contributed by atoms with Crippen LogP contribution in [-0.4, -0.2) is 11.0 Å². The number of hydrogen-bond acceptors (Lipinski definition) is 4. The Hall–Kier alpha value is -4.94. The number of aromatic amines is 1. The van der Waals surface area contributed by atoms with Gasteiger partial charge in [-0.3, -0.25) is 9.59 Å². The van der Waals surface area contributed by atoms with Crippen molar-refractivity contribution in [1.82, 2.24) is 4.98 Å². The maximum atomic E-state index is 13.7. The molecule has 212 valence electrons. The van der Waals surface area contributed by atoms with Crippen molar-refractivity contribution in [3.05, 3.63) is 184 Å². The lowest BCUT2D eigenvalue weighted by atomic mass is 10.0. The van der Waals surface area contributed by atoms with Crippen LogP contribution in [0.2, 0.25) is 0 Å². The van der Waals surface area contributed by atoms with E-state index >= 15 is 0 Å². The van der Waals surface area contributed by atoms with Gasteiger partial charge in [-0.25, -0.2) is 0 Å². The summed E-state index contributed by atoms with van der Waals surface area (Å²) in [5.74, 6) is 0.0407. The van der Waals surface area contributed by atoms with E-state index in [1.807, 2.05) is 127 Å². The molecule has 0 aliphatic heterocycles. The third-order valence-corrected chi connectivity index (χ3v) is 8.13. The van der Waals surface area contributed by atoms with E-state index in [1.54, 1.807) is 12.1 Å². The van der Waals surface area contributed by atoms with Crippen LogP contribution in [0.15, 0.2) is 150 Å². The fourth-order valence-corrected chi connectivity index (χ4v) is 5.67. The van der Waals surface area contributed by atoms with E-state index in [4.69, 9.17) is 9.47 Å². The maximum Gasteiger partial charge on any atom is 0.325 e. The van der Waals surface area contributed by atoms with Gasteiger partial charge in [0.25, 0.3) is 0 Å². The molecule has 0 spiro atoms. The highest BCUT2D eigenvalue weighted by molar-refractivity contribution is 9.09. The molecular formula is C37H28BrNO4. The fourth-order valence-electron chi connectivity index (χ4n) is 5.17. The Kier molecular flexibility index (Phi) is 8.47. The standard InChI is InChI=1S/C37H28BrNO4/c38-33(37(41)43-36(27-17-9-3-10-18-27)28-19-11-4-12-20-28)29-21-23-31(34-30(29)22-24-32(40)39-34)42-35(25-13-5-1-6-14-25)26-15-7-2-8-16-26/h1-24,33,35-36H,(H,39,40). The van der Waals surface area contributed by atoms with Gasteiger partial charge in [0, 0.05) is 11.5 Å². The zero-order valence-corrected chi connectivity index (χ0v) is 24.7. The molecule has 0 radical (unpaired) electrons. The van der Waals surface area contributed by atoms with Crippen molar-refractivity contribution >= 4 is 32.8 Å². The van der Waals surface area contributed by atoms with E-state index in [9.17, 15) is 9.59 Å². The van der Waals surface area contributed by atoms with Gasteiger partial charge in [0.15, 0.2) is 6.10 Å². The summed E-state index contributed by atoms with van der Waals surface area (Å²) in [6, 6.07) is 45.9. The number of hydrogen-bond donors (Lipinski definition) is 1. The Morgan fingerprint density at radius 2 is 1.05 bits per heavy atom. The number of fused-ring (bicyclic) bond motifs is 1. The molecule has 0 amide bonds. The molecular weight excluding hydrogens is 602 g/mol. The smallest absolute Gasteiger partial charge is 0.325 e. The molecule has 43 heavy (non-hydrogen) atoms. The number of H-pyrrole nitrogens is 1. The summed E-state index contributed by atoms with van der Waals surface area (Å²) < 4.78 is 12.8. The van der Waals surface area contributed by atoms with Gasteiger partial charge in [-0.05, 0) is 39.9 Å². The molecule has 6 aromatic rings. The van der Waals surface area contributed by atoms with Crippen molar-refractivity contribution in [2.24, 2.45) is 0 Å². The Bertz CT molecular complexity index is 1800. The first kappa shape index (κ1) is 28.2. The van der Waals surface area contributed by atoms with Gasteiger partial charge in [-0.15, -0.1) is 0 Å². The summed E-state index contributed by atoms with van der Waals surface area (Å²) in [6.45, 7) is 0. The molecule has 1 atom stereocenters. The van der Waals surface area contributed by atoms with Crippen LogP contribution in [0, 0.1) is 0 Å². The van der Waals surface area contributed by atoms with E-state index < -0.39 is 23.0 Å². The van der Waals surface area contributed by atoms with Crippen molar-refractivity contribution in [3.8, 4) is 5.75 Å². The molecule has 0 aliphatic rings. The van der Waals surface area contributed by atoms with Gasteiger partial charge in [0.05, 0.1) is 5.52 Å². The highest BCUT2D eigenvalue weighted by Gasteiger charge is 2.27. The molecule has 0 bridgehead atoms. The average Bonchev–Trinajstić information content (AvgIpc) is 3.07. The van der Waals surface area contributed by atoms with Crippen molar-refractivity contribution in [2.45, 2.75) is 17.0 Å². The first-order chi connectivity index (χ1) is 21.1. The van der Waals surface area contributed by atoms with Crippen LogP contribution in [-0.2, 0) is 9.53 Å². The molecule has 1 unspecified atom stereocenters. The number of esters is 1. The molecule has 0 aliphatic carbocycles. The molecule has 5 nitrogen and oxygen atoms in total. The number of benzene rings is 5. The minimum atomic E-state index is -0.802. The highest BCUT2D eigenvalue weighted by Crippen LogP contribution is 2.38. The van der Waals surface area contributed by atoms with Gasteiger partial charge in [0.2, 0.25) is 5.56 Å². The Labute approximate surface area is 257 Å². The van der Waals surface area contributed by atoms with Gasteiger partial charge in [0.1, 0.15) is 16.7 Å². The molecule has 6 rings (SSSR count). The predicted octanol–water partition coefficient (Wildman–Crippen LogP) is 8.47. The largest absolute Gasteiger partial charge is 0.479 e. The number of carbonyl (C=O) groups excluding carboxylic acids is 1. The highest BCUT2D eigenvalue weighted by atomic mass is 79.9. The topological polar surface area (TPSA) is 68.4 Å². The molecule has 1 aromatic heterocycles. The number of pyridine rings is 1. The summed E-state index contributed by atoms with van der Waals surface area (Å²) in [5, 5.41) is 0.673. The van der Waals surface area contributed by atoms with E-state index in [0.29, 0.717) is 22.2 Å². The number of ether oxygens (including phenoxy) is 2. The maximum absolute atomic E-state index is 13.7. The molecule has 0 saturated heterocycles. The molecule has 1 heterocycles. The number of alkyl halides is 1. The predicted molar refractivity (Wildman–Crippen MR) is 172 cm³/mol. The average molecular weight is 631 g/mol. The molecule has 5 aromatic carbocycles. The summed E-state index contributed by atoms with van der Waals surface area (Å²) in [6.07, 6.45) is -0.997. The number of nitrogens with one attached hydrogen (secondary N) is 1. The van der Waals surface area contributed by atoms with Gasteiger partial charge >= 0.3 is 5.97 Å². The van der Waals surface area contributed by atoms with Crippen LogP contribution in [0.5, 0.6) is 5.75 Å². The zero-order valence-electron chi connectivity index (χ0n) is 23.1. The first-order valence-corrected chi connectivity index (χ1v) is 14.9. The number of carbonyl (C=O) groups is 1. The molecule has 1 N–H and O–H groups in total. The molecule has 0 fully saturated rings. The third kappa shape index (κ3) is 6.30. The van der Waals surface area contributed by atoms with E-state index in [-0.39, 0.29) is 5.56 Å². The lowest BCUT2D eigenvalue weighted by molar-refractivity contribution is -0.146. The lowest BCUT2D eigenvalue weighted by Gasteiger charge is -2.23. The number of aromatic nitrogens is 1. The second-order valence-corrected chi connectivity index (χ2v) is 11.0. The summed E-state index contributed by atoms with van der Waals surface area (Å²) in [4.78, 5) is 28.3. The quantitative estimate of drug-likeness (QED) is 0.129. The number of rotatable bonds is 9. The second-order valence-electron chi connectivity index (χ2n) is 10.1. The molecule has 0 saturated carbocycles. The summed E-state index contributed by atoms with van der Waals surface area (Å²) >= 11 is 3.61. The monoisotopic (exact) mass is 629 g/mol. The summed E-state index contributed by atoms with van der Waals surface area (Å²) in [7, 11) is 0. The van der Waals surface area contributed by atoms with Crippen LogP contribution in [0.3, 0.4) is 0 Å². The van der Waals surface area contributed by atoms with Gasteiger partial charge in [-0.1, -0.05) is 143 Å². The van der Waals surface area contributed by atoms with Crippen LogP contribution in [0.1, 0.15) is 44.9 Å². The van der Waals surface area contributed by atoms with Crippen LogP contribution < -0.4 is 10.3 Å². The fraction of sp³-hybridized carbons (Fsp3) is 0.0811. The minimum absolute atomic E-state index is 0.271. The van der Waals surface area contributed by atoms with Crippen LogP contribution >= 0.6 is 15.9 Å². The van der Waals surface area contributed by atoms with E-state index in [1.165, 1.54) is 6.07 Å². The zero-order chi connectivity index (χ0) is 29.6. The normalized spacial score (nSPS) is 11.9. The van der Waals surface area contributed by atoms with Crippen molar-refractivity contribution in [3.63, 3.8) is 0 Å². The van der Waals surface area contributed by atoms with Gasteiger partial charge < -0.3 is 14.5 Å². The molecule has 6 heteroatoms. The van der Waals surface area contributed by atoms with E-state index in [2.05, 4.69) is 20.9 Å². The van der Waals surface area contributed by atoms with Crippen molar-refractivity contribution in [1.29, 1.82) is 0 Å². The SMILES string of the molecule is O=C(OC(c1ccccc1)c1ccccc1)C(Br)c1ccc(OC(c2ccccc2)c2ccccc2)c2[nH]c(=O)ccc12. The van der Waals surface area contributed by atoms with E-state index in [0.717, 1.165) is 22.3 Å². The second kappa shape index (κ2) is 12.9. The number of halogens is 1. The van der Waals surface area contributed by atoms with Gasteiger partial charge in [-0.2, -0.15) is 0 Å². The first-order valence-electron chi connectivity index (χ1n) is 14.0. The Balaban J connectivity index is 1.35. The Morgan fingerprint density at radius 3 is 1.53 bits per heavy atom. The van der Waals surface area contributed by atoms with Crippen molar-refractivity contribution < 1.29 is 14.3 Å². The Morgan fingerprint density at radius 1 is 0.581 bits per heavy atom. The minimum Gasteiger partial charge on any atom is -0.479 e. The summed E-state index contributed by atoms with van der Waals surface area (Å²) in [5.41, 5.74) is 4.56. The third-order valence-electron chi connectivity index (χ3n) is 7.26. The lowest BCUT2D eigenvalue weighted by Crippen LogP contribution is -2.17. The van der Waals surface area contributed by atoms with Crippen LogP contribution in [0.25, 0.3) is 10.9 Å².